The highest BCUT2D eigenvalue weighted by Crippen LogP contribution is 2.17. The van der Waals surface area contributed by atoms with Gasteiger partial charge < -0.3 is 10.3 Å². The van der Waals surface area contributed by atoms with Gasteiger partial charge in [-0.05, 0) is 29.6 Å². The highest BCUT2D eigenvalue weighted by molar-refractivity contribution is 7.79. The van der Waals surface area contributed by atoms with Gasteiger partial charge in [-0.2, -0.15) is 0 Å². The predicted molar refractivity (Wildman–Crippen MR) is 46.2 cm³/mol. The molecule has 1 aromatic rings. The van der Waals surface area contributed by atoms with E-state index in [1.54, 1.807) is 31.2 Å². The van der Waals surface area contributed by atoms with E-state index in [2.05, 4.69) is 0 Å². The van der Waals surface area contributed by atoms with E-state index in [4.69, 9.17) is 5.73 Å². The summed E-state index contributed by atoms with van der Waals surface area (Å²) < 4.78 is 21.3. The first kappa shape index (κ1) is 9.38. The molecule has 2 N–H and O–H groups in total. The summed E-state index contributed by atoms with van der Waals surface area (Å²) >= 11 is -2.19. The van der Waals surface area contributed by atoms with Crippen molar-refractivity contribution in [1.82, 2.24) is 0 Å². The molecule has 1 aromatic carbocycles. The van der Waals surface area contributed by atoms with Crippen molar-refractivity contribution in [3.05, 3.63) is 29.8 Å². The molecule has 0 heterocycles. The van der Waals surface area contributed by atoms with Gasteiger partial charge in [0.2, 0.25) is 0 Å². The van der Waals surface area contributed by atoms with Crippen molar-refractivity contribution >= 4 is 11.1 Å². The van der Waals surface area contributed by atoms with Crippen molar-refractivity contribution in [2.75, 3.05) is 0 Å². The molecule has 4 heteroatoms. The summed E-state index contributed by atoms with van der Waals surface area (Å²) in [6.07, 6.45) is 0. The molecule has 1 rings (SSSR count). The Morgan fingerprint density at radius 1 is 1.50 bits per heavy atom. The maximum Gasteiger partial charge on any atom is 0.0296 e. The molecule has 0 radical (unpaired) electrons. The van der Waals surface area contributed by atoms with Crippen molar-refractivity contribution in [2.45, 2.75) is 17.9 Å². The molecule has 0 saturated heterocycles. The van der Waals surface area contributed by atoms with E-state index >= 15 is 0 Å². The van der Waals surface area contributed by atoms with Gasteiger partial charge in [0.25, 0.3) is 0 Å². The monoisotopic (exact) mass is 184 g/mol. The van der Waals surface area contributed by atoms with Crippen LogP contribution in [0.15, 0.2) is 29.2 Å². The molecule has 0 aliphatic carbocycles. The van der Waals surface area contributed by atoms with Gasteiger partial charge in [0.05, 0.1) is 0 Å². The fourth-order valence-corrected chi connectivity index (χ4v) is 1.64. The Bertz CT molecular complexity index is 299. The lowest BCUT2D eigenvalue weighted by atomic mass is 10.1. The van der Waals surface area contributed by atoms with Gasteiger partial charge in [-0.25, -0.2) is 0 Å². The molecule has 0 saturated carbocycles. The summed E-state index contributed by atoms with van der Waals surface area (Å²) in [5.41, 5.74) is 6.24. The number of benzene rings is 1. The van der Waals surface area contributed by atoms with Crippen LogP contribution in [-0.4, -0.2) is 8.76 Å². The smallest absolute Gasteiger partial charge is 0.0296 e. The zero-order valence-electron chi connectivity index (χ0n) is 6.69. The van der Waals surface area contributed by atoms with Gasteiger partial charge in [0, 0.05) is 10.9 Å². The second-order valence-electron chi connectivity index (χ2n) is 2.56. The molecule has 0 fully saturated rings. The molecule has 12 heavy (non-hydrogen) atoms. The van der Waals surface area contributed by atoms with E-state index in [1.807, 2.05) is 0 Å². The number of nitrogens with two attached hydrogens (primary N) is 1. The summed E-state index contributed by atoms with van der Waals surface area (Å²) in [4.78, 5) is 0.285. The topological polar surface area (TPSA) is 66.2 Å². The molecule has 0 amide bonds. The summed E-state index contributed by atoms with van der Waals surface area (Å²) in [5, 5.41) is 0. The Morgan fingerprint density at radius 3 is 2.50 bits per heavy atom. The lowest BCUT2D eigenvalue weighted by Gasteiger charge is -2.13. The van der Waals surface area contributed by atoms with Crippen LogP contribution in [0.5, 0.6) is 0 Å². The average molecular weight is 184 g/mol. The fraction of sp³-hybridized carbons (Fsp3) is 0.250. The molecular formula is C8H10NO2S-. The van der Waals surface area contributed by atoms with Gasteiger partial charge in [-0.1, -0.05) is 18.2 Å². The van der Waals surface area contributed by atoms with E-state index in [1.165, 1.54) is 0 Å². The van der Waals surface area contributed by atoms with E-state index < -0.39 is 11.1 Å². The third kappa shape index (κ3) is 1.91. The normalized spacial score (nSPS) is 15.6. The van der Waals surface area contributed by atoms with Gasteiger partial charge >= 0.3 is 0 Å². The Balaban J connectivity index is 3.17. The predicted octanol–water partition coefficient (Wildman–Crippen LogP) is 0.944. The molecule has 0 bridgehead atoms. The third-order valence-corrected chi connectivity index (χ3v) is 2.32. The minimum absolute atomic E-state index is 0.251. The van der Waals surface area contributed by atoms with Crippen LogP contribution in [0.3, 0.4) is 0 Å². The molecule has 0 spiro atoms. The van der Waals surface area contributed by atoms with Crippen molar-refractivity contribution in [2.24, 2.45) is 5.73 Å². The van der Waals surface area contributed by atoms with Crippen LogP contribution in [0.25, 0.3) is 0 Å². The number of hydrogen-bond donors (Lipinski definition) is 1. The maximum atomic E-state index is 10.7. The second-order valence-corrected chi connectivity index (χ2v) is 3.47. The van der Waals surface area contributed by atoms with Gasteiger partial charge in [0.1, 0.15) is 0 Å². The molecule has 0 aliphatic rings. The van der Waals surface area contributed by atoms with E-state index in [-0.39, 0.29) is 10.9 Å². The summed E-state index contributed by atoms with van der Waals surface area (Å²) in [6, 6.07) is 6.46. The zero-order chi connectivity index (χ0) is 9.14. The lowest BCUT2D eigenvalue weighted by molar-refractivity contribution is 0.535. The second kappa shape index (κ2) is 3.80. The van der Waals surface area contributed by atoms with E-state index in [9.17, 15) is 8.76 Å². The van der Waals surface area contributed by atoms with Gasteiger partial charge in [0.15, 0.2) is 0 Å². The standard InChI is InChI=1S/C8H11NO2S/c1-6(9)7-4-2-3-5-8(7)12(10)11/h2-6H,9H2,1H3,(H,10,11)/p-1. The minimum Gasteiger partial charge on any atom is -0.768 e. The largest absolute Gasteiger partial charge is 0.768 e. The SMILES string of the molecule is CC(N)c1ccccc1S(=O)[O-]. The van der Waals surface area contributed by atoms with Crippen molar-refractivity contribution in [1.29, 1.82) is 0 Å². The minimum atomic E-state index is -2.19. The molecule has 2 unspecified atom stereocenters. The molecule has 0 aromatic heterocycles. The molecular weight excluding hydrogens is 174 g/mol. The Labute approximate surface area is 73.9 Å². The van der Waals surface area contributed by atoms with Crippen LogP contribution in [0.4, 0.5) is 0 Å². The first-order valence-corrected chi connectivity index (χ1v) is 4.64. The Kier molecular flexibility index (Phi) is 2.97. The molecule has 2 atom stereocenters. The van der Waals surface area contributed by atoms with Crippen LogP contribution in [0.1, 0.15) is 18.5 Å². The van der Waals surface area contributed by atoms with Crippen LogP contribution < -0.4 is 5.73 Å². The number of hydrogen-bond acceptors (Lipinski definition) is 3. The highest BCUT2D eigenvalue weighted by atomic mass is 32.2. The molecule has 0 aliphatic heterocycles. The Morgan fingerprint density at radius 2 is 2.08 bits per heavy atom. The van der Waals surface area contributed by atoms with Crippen LogP contribution in [0, 0.1) is 0 Å². The molecule has 66 valence electrons. The molecule has 3 nitrogen and oxygen atoms in total. The first-order chi connectivity index (χ1) is 5.63. The van der Waals surface area contributed by atoms with Gasteiger partial charge in [-0.15, -0.1) is 0 Å². The fourth-order valence-electron chi connectivity index (χ4n) is 1.01. The van der Waals surface area contributed by atoms with Crippen molar-refractivity contribution < 1.29 is 8.76 Å². The summed E-state index contributed by atoms with van der Waals surface area (Å²) in [7, 11) is 0. The first-order valence-electron chi connectivity index (χ1n) is 3.56. The van der Waals surface area contributed by atoms with Crippen molar-refractivity contribution in [3.8, 4) is 0 Å². The van der Waals surface area contributed by atoms with Crippen LogP contribution in [0.2, 0.25) is 0 Å². The van der Waals surface area contributed by atoms with E-state index in [0.717, 1.165) is 0 Å². The zero-order valence-corrected chi connectivity index (χ0v) is 7.51. The van der Waals surface area contributed by atoms with Crippen LogP contribution in [-0.2, 0) is 11.1 Å². The Hall–Kier alpha value is -0.710. The highest BCUT2D eigenvalue weighted by Gasteiger charge is 2.05. The van der Waals surface area contributed by atoms with Crippen molar-refractivity contribution in [3.63, 3.8) is 0 Å². The number of rotatable bonds is 2. The van der Waals surface area contributed by atoms with Crippen LogP contribution >= 0.6 is 0 Å². The third-order valence-electron chi connectivity index (χ3n) is 1.59. The quantitative estimate of drug-likeness (QED) is 0.696. The van der Waals surface area contributed by atoms with Gasteiger partial charge in [-0.3, -0.25) is 4.21 Å². The van der Waals surface area contributed by atoms with E-state index in [0.29, 0.717) is 5.56 Å². The lowest BCUT2D eigenvalue weighted by Crippen LogP contribution is -2.08. The average Bonchev–Trinajstić information content (AvgIpc) is 2.04. The maximum absolute atomic E-state index is 10.7. The summed E-state index contributed by atoms with van der Waals surface area (Å²) in [5.74, 6) is 0. The summed E-state index contributed by atoms with van der Waals surface area (Å²) in [6.45, 7) is 1.76.